The van der Waals surface area contributed by atoms with E-state index in [-0.39, 0.29) is 91.7 Å². The predicted octanol–water partition coefficient (Wildman–Crippen LogP) is 5.74. The average Bonchev–Trinajstić information content (AvgIpc) is 3.64. The molecule has 2 aromatic heterocycles. The van der Waals surface area contributed by atoms with Gasteiger partial charge in [0.15, 0.2) is 5.82 Å². The van der Waals surface area contributed by atoms with Crippen LogP contribution in [0.15, 0.2) is 92.0 Å². The molecule has 0 spiro atoms. The molecule has 22 nitrogen and oxygen atoms in total. The number of rotatable bonds is 16. The third-order valence-corrected chi connectivity index (χ3v) is 11.1. The first-order chi connectivity index (χ1) is 28.3. The van der Waals surface area contributed by atoms with Crippen molar-refractivity contribution in [3.8, 4) is 11.8 Å². The molecule has 2 heterocycles. The van der Waals surface area contributed by atoms with Gasteiger partial charge in [0.25, 0.3) is 20.2 Å². The van der Waals surface area contributed by atoms with E-state index in [1.165, 1.54) is 36.6 Å². The van der Waals surface area contributed by atoms with E-state index in [4.69, 9.17) is 9.11 Å². The monoisotopic (exact) mass is 945 g/mol. The number of nitriles is 1. The summed E-state index contributed by atoms with van der Waals surface area (Å²) in [6.07, 6.45) is 1.75. The molecular formula is C32H35N9O13S6. The number of azo groups is 1. The van der Waals surface area contributed by atoms with Gasteiger partial charge in [0.2, 0.25) is 0 Å². The molecule has 0 bridgehead atoms. The lowest BCUT2D eigenvalue weighted by Gasteiger charge is -2.15. The second-order valence-electron chi connectivity index (χ2n) is 11.4. The first-order valence-corrected chi connectivity index (χ1v) is 23.0. The Morgan fingerprint density at radius 2 is 1.60 bits per heavy atom. The van der Waals surface area contributed by atoms with Crippen LogP contribution in [0.1, 0.15) is 18.1 Å². The van der Waals surface area contributed by atoms with Crippen molar-refractivity contribution in [2.45, 2.75) is 28.5 Å². The maximum atomic E-state index is 12.6. The number of nitrogens with zero attached hydrogens (tertiary/aromatic N) is 7. The van der Waals surface area contributed by atoms with E-state index in [9.17, 15) is 48.4 Å². The van der Waals surface area contributed by atoms with Gasteiger partial charge in [-0.25, -0.2) is 9.17 Å². The fourth-order valence-corrected chi connectivity index (χ4v) is 7.58. The molecule has 28 heteroatoms. The molecule has 0 saturated heterocycles. The minimum absolute atomic E-state index is 0.0165. The summed E-state index contributed by atoms with van der Waals surface area (Å²) in [7, 11) is -15.9. The van der Waals surface area contributed by atoms with E-state index in [2.05, 4.69) is 66.3 Å². The third-order valence-electron chi connectivity index (χ3n) is 7.45. The number of benzene rings is 3. The zero-order valence-corrected chi connectivity index (χ0v) is 36.0. The molecule has 3 aromatic carbocycles. The lowest BCUT2D eigenvalue weighted by Crippen LogP contribution is -2.16. The number of hydrogen-bond acceptors (Lipinski definition) is 20. The van der Waals surface area contributed by atoms with Gasteiger partial charge in [-0.2, -0.15) is 35.3 Å². The highest BCUT2D eigenvalue weighted by atomic mass is 32.3. The van der Waals surface area contributed by atoms with Crippen molar-refractivity contribution < 1.29 is 56.4 Å². The zero-order chi connectivity index (χ0) is 45.0. The summed E-state index contributed by atoms with van der Waals surface area (Å²) in [5.41, 5.74) is -0.0827. The molecule has 0 fully saturated rings. The Labute approximate surface area is 355 Å². The van der Waals surface area contributed by atoms with E-state index >= 15 is 0 Å². The molecule has 0 aliphatic heterocycles. The molecule has 7 N–H and O–H groups in total. The summed E-state index contributed by atoms with van der Waals surface area (Å²) in [5.74, 6) is 0.0415. The molecule has 1 unspecified atom stereocenters. The number of allylic oxidation sites excluding steroid dienone is 1. The van der Waals surface area contributed by atoms with Crippen molar-refractivity contribution in [1.82, 2.24) is 20.0 Å². The first kappa shape index (κ1) is 49.5. The number of nitrogens with one attached hydrogen (secondary N) is 2. The molecule has 0 saturated carbocycles. The van der Waals surface area contributed by atoms with Crippen LogP contribution in [0.25, 0.3) is 27.5 Å². The number of aromatic nitrogens is 4. The summed E-state index contributed by atoms with van der Waals surface area (Å²) in [6, 6.07) is 10.7. The van der Waals surface area contributed by atoms with Gasteiger partial charge >= 0.3 is 10.4 Å². The number of fused-ring (bicyclic) bond motifs is 3. The van der Waals surface area contributed by atoms with Crippen LogP contribution < -0.4 is 10.6 Å². The molecule has 5 aromatic rings. The van der Waals surface area contributed by atoms with Crippen LogP contribution >= 0.6 is 25.0 Å². The summed E-state index contributed by atoms with van der Waals surface area (Å²) in [6.45, 7) is 9.42. The van der Waals surface area contributed by atoms with E-state index in [1.807, 2.05) is 13.0 Å². The number of pyridine rings is 1. The Bertz CT molecular complexity index is 2850. The van der Waals surface area contributed by atoms with Gasteiger partial charge in [-0.1, -0.05) is 18.7 Å². The van der Waals surface area contributed by atoms with E-state index in [0.717, 1.165) is 23.0 Å². The molecule has 0 aliphatic carbocycles. The maximum Gasteiger partial charge on any atom is 0.397 e. The van der Waals surface area contributed by atoms with Crippen molar-refractivity contribution in [3.63, 3.8) is 0 Å². The summed E-state index contributed by atoms with van der Waals surface area (Å²) < 4.78 is 133. The van der Waals surface area contributed by atoms with E-state index in [1.54, 1.807) is 6.08 Å². The predicted molar refractivity (Wildman–Crippen MR) is 228 cm³/mol. The molecule has 0 radical (unpaired) electrons. The molecule has 322 valence electrons. The van der Waals surface area contributed by atoms with Crippen LogP contribution in [0.3, 0.4) is 0 Å². The smallest absolute Gasteiger partial charge is 0.368 e. The highest BCUT2D eigenvalue weighted by molar-refractivity contribution is 7.93. The minimum atomic E-state index is -5.03. The summed E-state index contributed by atoms with van der Waals surface area (Å²) in [5, 5.41) is 33.8. The second-order valence-corrected chi connectivity index (χ2v) is 17.4. The Morgan fingerprint density at radius 3 is 2.18 bits per heavy atom. The van der Waals surface area contributed by atoms with Crippen molar-refractivity contribution in [2.24, 2.45) is 10.2 Å². The third kappa shape index (κ3) is 12.8. The summed E-state index contributed by atoms with van der Waals surface area (Å²) >= 11 is 2.76. The molecule has 1 atom stereocenters. The number of anilines is 2. The molecule has 0 amide bonds. The first-order valence-electron chi connectivity index (χ1n) is 16.2. The van der Waals surface area contributed by atoms with Crippen molar-refractivity contribution in [2.75, 3.05) is 36.1 Å². The van der Waals surface area contributed by atoms with Crippen molar-refractivity contribution in [1.29, 1.82) is 5.26 Å². The van der Waals surface area contributed by atoms with E-state index < -0.39 is 63.5 Å². The molecular weight excluding hydrogens is 911 g/mol. The van der Waals surface area contributed by atoms with Crippen LogP contribution in [-0.2, 0) is 45.6 Å². The lowest BCUT2D eigenvalue weighted by atomic mass is 10.1. The zero-order valence-electron chi connectivity index (χ0n) is 31.1. The largest absolute Gasteiger partial charge is 0.397 e. The quantitative estimate of drug-likeness (QED) is 0.0146. The van der Waals surface area contributed by atoms with Gasteiger partial charge in [0.1, 0.15) is 44.1 Å². The topological polar surface area (TPSA) is 346 Å². The molecule has 60 heavy (non-hydrogen) atoms. The Morgan fingerprint density at radius 1 is 0.950 bits per heavy atom. The van der Waals surface area contributed by atoms with Crippen molar-refractivity contribution in [3.05, 3.63) is 78.2 Å². The highest BCUT2D eigenvalue weighted by Crippen LogP contribution is 2.37. The second kappa shape index (κ2) is 21.6. The van der Waals surface area contributed by atoms with Gasteiger partial charge in [-0.15, -0.1) is 27.0 Å². The van der Waals surface area contributed by atoms with Crippen LogP contribution in [0.2, 0.25) is 0 Å². The van der Waals surface area contributed by atoms with Gasteiger partial charge in [0.05, 0.1) is 17.9 Å². The Hall–Kier alpha value is -4.90. The fraction of sp³-hybridized carbons (Fsp3) is 0.188. The number of hydrogen-bond donors (Lipinski definition) is 8. The average molecular weight is 946 g/mol. The Kier molecular flexibility index (Phi) is 17.8. The standard InChI is InChI=1S/C29H27N9O12S5.C3H6.H2OS/c1-3-52(40)11-9-32-28-21(15-30)16(2)26(29(33-28)31-8-10-50-55(47,48)49)35-34-22-6-4-17(12-25(22)54(44,45)46)38-36-23-7-5-19-20(27(23)37-38)13-18(51-39)14-24(19)53(41,42)43;1-3-2;1-2/h3-7,12-14,39H,1,8-11H2,2H3,(H2,31,32,33)(H,41,42,43)(H,44,45,46)(H,47,48,49);3H,1H2,2H3;1-2H. The van der Waals surface area contributed by atoms with Crippen LogP contribution in [0.4, 0.5) is 23.0 Å². The van der Waals surface area contributed by atoms with Crippen LogP contribution in [-0.4, -0.2) is 97.7 Å². The van der Waals surface area contributed by atoms with Crippen LogP contribution in [0, 0.1) is 18.3 Å². The molecule has 0 aliphatic rings. The van der Waals surface area contributed by atoms with Gasteiger partial charge in [0, 0.05) is 62.9 Å². The maximum absolute atomic E-state index is 12.6. The number of thiol groups is 1. The van der Waals surface area contributed by atoms with E-state index in [0.29, 0.717) is 0 Å². The van der Waals surface area contributed by atoms with Crippen molar-refractivity contribution >= 4 is 111 Å². The van der Waals surface area contributed by atoms with Gasteiger partial charge in [-0.05, 0) is 68.6 Å². The highest BCUT2D eigenvalue weighted by Gasteiger charge is 2.23. The molecule has 5 rings (SSSR count). The Balaban J connectivity index is 0.00000184. The summed E-state index contributed by atoms with van der Waals surface area (Å²) in [4.78, 5) is 4.13. The SMILES string of the molecule is C=CC.C=CS(=O)CCNc1nc(NCCOS(=O)(=O)O)c(N=Nc2ccc(-n3nc4ccc5c(S(=O)(=O)O)cc(SO)cc5c4n3)cc2S(=O)(=O)O)c(C)c1C#N.OS. The fourth-order valence-electron chi connectivity index (χ4n) is 5.03. The van der Waals surface area contributed by atoms with Gasteiger partial charge < -0.3 is 19.7 Å². The minimum Gasteiger partial charge on any atom is -0.368 e. The normalized spacial score (nSPS) is 12.2. The van der Waals surface area contributed by atoms with Gasteiger partial charge in [-0.3, -0.25) is 17.9 Å². The lowest BCUT2D eigenvalue weighted by molar-refractivity contribution is 0.278. The van der Waals surface area contributed by atoms with Crippen LogP contribution in [0.5, 0.6) is 0 Å².